The molecular weight excluding hydrogens is 178 g/mol. The van der Waals surface area contributed by atoms with Gasteiger partial charge in [0.15, 0.2) is 5.78 Å². The summed E-state index contributed by atoms with van der Waals surface area (Å²) >= 11 is 0. The van der Waals surface area contributed by atoms with Crippen molar-refractivity contribution in [1.29, 1.82) is 0 Å². The summed E-state index contributed by atoms with van der Waals surface area (Å²) in [6.07, 6.45) is 4.24. The first-order valence-electron chi connectivity index (χ1n) is 4.81. The van der Waals surface area contributed by atoms with Crippen LogP contribution in [0.3, 0.4) is 0 Å². The van der Waals surface area contributed by atoms with E-state index in [4.69, 9.17) is 4.74 Å². The van der Waals surface area contributed by atoms with Crippen LogP contribution in [0, 0.1) is 12.8 Å². The van der Waals surface area contributed by atoms with Crippen molar-refractivity contribution >= 4 is 5.78 Å². The fraction of sp³-hybridized carbons (Fsp3) is 0.455. The second-order valence-electron chi connectivity index (χ2n) is 3.62. The number of pyridine rings is 1. The second kappa shape index (κ2) is 3.88. The number of carbonyl (C=O) groups is 1. The SMILES string of the molecule is Cc1cnccc1C(=O)C1CCOC1. The van der Waals surface area contributed by atoms with Crippen LogP contribution in [0.15, 0.2) is 18.5 Å². The van der Waals surface area contributed by atoms with Crippen LogP contribution in [0.25, 0.3) is 0 Å². The van der Waals surface area contributed by atoms with Gasteiger partial charge < -0.3 is 4.74 Å². The third-order valence-corrected chi connectivity index (χ3v) is 2.59. The highest BCUT2D eigenvalue weighted by molar-refractivity contribution is 5.99. The molecule has 3 heteroatoms. The Hall–Kier alpha value is -1.22. The molecule has 14 heavy (non-hydrogen) atoms. The number of aromatic nitrogens is 1. The van der Waals surface area contributed by atoms with Gasteiger partial charge in [-0.15, -0.1) is 0 Å². The fourth-order valence-corrected chi connectivity index (χ4v) is 1.71. The zero-order valence-electron chi connectivity index (χ0n) is 8.19. The molecule has 2 heterocycles. The summed E-state index contributed by atoms with van der Waals surface area (Å²) in [5.74, 6) is 0.249. The van der Waals surface area contributed by atoms with Crippen molar-refractivity contribution in [2.24, 2.45) is 5.92 Å². The number of carbonyl (C=O) groups excluding carboxylic acids is 1. The lowest BCUT2D eigenvalue weighted by Gasteiger charge is -2.08. The molecule has 1 atom stereocenters. The number of ether oxygens (including phenoxy) is 1. The molecule has 2 rings (SSSR count). The standard InChI is InChI=1S/C11H13NO2/c1-8-6-12-4-2-10(8)11(13)9-3-5-14-7-9/h2,4,6,9H,3,5,7H2,1H3. The Bertz CT molecular complexity index is 343. The number of rotatable bonds is 2. The average Bonchev–Trinajstić information content (AvgIpc) is 2.70. The Balaban J connectivity index is 2.22. The maximum absolute atomic E-state index is 12.0. The summed E-state index contributed by atoms with van der Waals surface area (Å²) in [5, 5.41) is 0. The van der Waals surface area contributed by atoms with Gasteiger partial charge in [0.05, 0.1) is 6.61 Å². The second-order valence-corrected chi connectivity index (χ2v) is 3.62. The van der Waals surface area contributed by atoms with Crippen LogP contribution in [-0.2, 0) is 4.74 Å². The molecule has 74 valence electrons. The van der Waals surface area contributed by atoms with Crippen molar-refractivity contribution in [2.45, 2.75) is 13.3 Å². The summed E-state index contributed by atoms with van der Waals surface area (Å²) in [5.41, 5.74) is 1.74. The van der Waals surface area contributed by atoms with Crippen LogP contribution < -0.4 is 0 Å². The van der Waals surface area contributed by atoms with E-state index in [9.17, 15) is 4.79 Å². The highest BCUT2D eigenvalue weighted by Crippen LogP contribution is 2.19. The Labute approximate surface area is 83.1 Å². The van der Waals surface area contributed by atoms with Gasteiger partial charge in [0, 0.05) is 30.5 Å². The molecule has 0 spiro atoms. The normalized spacial score (nSPS) is 21.1. The average molecular weight is 191 g/mol. The molecule has 1 fully saturated rings. The van der Waals surface area contributed by atoms with E-state index in [-0.39, 0.29) is 11.7 Å². The highest BCUT2D eigenvalue weighted by atomic mass is 16.5. The van der Waals surface area contributed by atoms with Crippen LogP contribution in [0.1, 0.15) is 22.3 Å². The minimum atomic E-state index is 0.0519. The molecule has 0 aromatic carbocycles. The van der Waals surface area contributed by atoms with E-state index in [1.165, 1.54) is 0 Å². The van der Waals surface area contributed by atoms with Gasteiger partial charge in [0.1, 0.15) is 0 Å². The Kier molecular flexibility index (Phi) is 2.59. The third kappa shape index (κ3) is 1.68. The lowest BCUT2D eigenvalue weighted by Crippen LogP contribution is -2.15. The zero-order chi connectivity index (χ0) is 9.97. The van der Waals surface area contributed by atoms with Crippen LogP contribution in [-0.4, -0.2) is 24.0 Å². The van der Waals surface area contributed by atoms with Crippen LogP contribution in [0.5, 0.6) is 0 Å². The largest absolute Gasteiger partial charge is 0.381 e. The number of nitrogens with zero attached hydrogens (tertiary/aromatic N) is 1. The molecule has 0 N–H and O–H groups in total. The van der Waals surface area contributed by atoms with Gasteiger partial charge in [-0.3, -0.25) is 9.78 Å². The number of ketones is 1. The molecule has 0 radical (unpaired) electrons. The predicted octanol–water partition coefficient (Wildman–Crippen LogP) is 1.61. The van der Waals surface area contributed by atoms with E-state index in [0.29, 0.717) is 13.2 Å². The maximum atomic E-state index is 12.0. The van der Waals surface area contributed by atoms with Gasteiger partial charge >= 0.3 is 0 Å². The first-order valence-corrected chi connectivity index (χ1v) is 4.81. The van der Waals surface area contributed by atoms with Gasteiger partial charge in [-0.2, -0.15) is 0 Å². The van der Waals surface area contributed by atoms with E-state index in [2.05, 4.69) is 4.98 Å². The zero-order valence-corrected chi connectivity index (χ0v) is 8.19. The van der Waals surface area contributed by atoms with Crippen molar-refractivity contribution in [3.05, 3.63) is 29.6 Å². The van der Waals surface area contributed by atoms with E-state index in [1.54, 1.807) is 18.5 Å². The number of aryl methyl sites for hydroxylation is 1. The molecule has 1 unspecified atom stereocenters. The van der Waals surface area contributed by atoms with E-state index in [1.807, 2.05) is 6.92 Å². The van der Waals surface area contributed by atoms with Gasteiger partial charge in [-0.1, -0.05) is 0 Å². The van der Waals surface area contributed by atoms with E-state index < -0.39 is 0 Å². The monoisotopic (exact) mass is 191 g/mol. The Morgan fingerprint density at radius 1 is 1.64 bits per heavy atom. The summed E-state index contributed by atoms with van der Waals surface area (Å²) < 4.78 is 5.20. The number of Topliss-reactive ketones (excluding diaryl/α,β-unsaturated/α-hetero) is 1. The maximum Gasteiger partial charge on any atom is 0.168 e. The molecule has 1 aliphatic rings. The van der Waals surface area contributed by atoms with Crippen molar-refractivity contribution in [3.8, 4) is 0 Å². The van der Waals surface area contributed by atoms with Crippen LogP contribution in [0.2, 0.25) is 0 Å². The van der Waals surface area contributed by atoms with Gasteiger partial charge in [-0.25, -0.2) is 0 Å². The molecule has 0 bridgehead atoms. The molecule has 0 aliphatic carbocycles. The molecular formula is C11H13NO2. The molecule has 1 saturated heterocycles. The minimum absolute atomic E-state index is 0.0519. The lowest BCUT2D eigenvalue weighted by molar-refractivity contribution is 0.0899. The van der Waals surface area contributed by atoms with Gasteiger partial charge in [0.25, 0.3) is 0 Å². The first-order chi connectivity index (χ1) is 6.79. The van der Waals surface area contributed by atoms with Gasteiger partial charge in [0.2, 0.25) is 0 Å². The van der Waals surface area contributed by atoms with E-state index >= 15 is 0 Å². The number of hydrogen-bond donors (Lipinski definition) is 0. The smallest absolute Gasteiger partial charge is 0.168 e. The van der Waals surface area contributed by atoms with Crippen LogP contribution in [0.4, 0.5) is 0 Å². The molecule has 0 amide bonds. The Morgan fingerprint density at radius 2 is 2.50 bits per heavy atom. The lowest BCUT2D eigenvalue weighted by atomic mass is 9.95. The van der Waals surface area contributed by atoms with Gasteiger partial charge in [-0.05, 0) is 25.0 Å². The quantitative estimate of drug-likeness (QED) is 0.667. The molecule has 0 saturated carbocycles. The van der Waals surface area contributed by atoms with Crippen molar-refractivity contribution < 1.29 is 9.53 Å². The first kappa shape index (κ1) is 9.34. The molecule has 1 aromatic heterocycles. The highest BCUT2D eigenvalue weighted by Gasteiger charge is 2.25. The van der Waals surface area contributed by atoms with E-state index in [0.717, 1.165) is 17.5 Å². The molecule has 1 aromatic rings. The summed E-state index contributed by atoms with van der Waals surface area (Å²) in [6, 6.07) is 1.79. The Morgan fingerprint density at radius 3 is 3.14 bits per heavy atom. The third-order valence-electron chi connectivity index (χ3n) is 2.59. The minimum Gasteiger partial charge on any atom is -0.381 e. The summed E-state index contributed by atoms with van der Waals surface area (Å²) in [6.45, 7) is 3.19. The predicted molar refractivity (Wildman–Crippen MR) is 52.2 cm³/mol. The molecule has 3 nitrogen and oxygen atoms in total. The topological polar surface area (TPSA) is 39.2 Å². The van der Waals surface area contributed by atoms with Crippen molar-refractivity contribution in [3.63, 3.8) is 0 Å². The van der Waals surface area contributed by atoms with Crippen molar-refractivity contribution in [2.75, 3.05) is 13.2 Å². The van der Waals surface area contributed by atoms with Crippen LogP contribution >= 0.6 is 0 Å². The molecule has 1 aliphatic heterocycles. The van der Waals surface area contributed by atoms with Crippen molar-refractivity contribution in [1.82, 2.24) is 4.98 Å². The fourth-order valence-electron chi connectivity index (χ4n) is 1.71. The summed E-state index contributed by atoms with van der Waals surface area (Å²) in [4.78, 5) is 15.9. The summed E-state index contributed by atoms with van der Waals surface area (Å²) in [7, 11) is 0. The number of hydrogen-bond acceptors (Lipinski definition) is 3.